The molecule has 0 saturated carbocycles. The number of amides is 2. The Morgan fingerprint density at radius 3 is 2.45 bits per heavy atom. The molecule has 2 saturated heterocycles. The molecular formula is C17H31N3O2. The van der Waals surface area contributed by atoms with Crippen molar-refractivity contribution >= 4 is 11.8 Å². The Bertz CT molecular complexity index is 399. The van der Waals surface area contributed by atoms with E-state index in [1.54, 1.807) is 0 Å². The second-order valence-corrected chi connectivity index (χ2v) is 6.66. The van der Waals surface area contributed by atoms with E-state index in [0.717, 1.165) is 58.0 Å². The molecule has 3 atom stereocenters. The quantitative estimate of drug-likeness (QED) is 0.781. The van der Waals surface area contributed by atoms with Crippen molar-refractivity contribution in [1.82, 2.24) is 9.80 Å². The predicted molar refractivity (Wildman–Crippen MR) is 87.3 cm³/mol. The van der Waals surface area contributed by atoms with Crippen LogP contribution in [0, 0.1) is 0 Å². The molecule has 0 radical (unpaired) electrons. The van der Waals surface area contributed by atoms with Crippen LogP contribution in [0.2, 0.25) is 0 Å². The van der Waals surface area contributed by atoms with Crippen LogP contribution in [0.5, 0.6) is 0 Å². The maximum Gasteiger partial charge on any atom is 0.234 e. The van der Waals surface area contributed by atoms with E-state index in [2.05, 4.69) is 16.7 Å². The number of primary amides is 1. The lowest BCUT2D eigenvalue weighted by Gasteiger charge is -2.38. The molecule has 2 heterocycles. The lowest BCUT2D eigenvalue weighted by molar-refractivity contribution is -0.133. The van der Waals surface area contributed by atoms with Crippen LogP contribution in [0.1, 0.15) is 65.2 Å². The monoisotopic (exact) mass is 309 g/mol. The molecule has 126 valence electrons. The zero-order valence-corrected chi connectivity index (χ0v) is 14.1. The summed E-state index contributed by atoms with van der Waals surface area (Å²) in [6.07, 6.45) is 7.84. The van der Waals surface area contributed by atoms with Gasteiger partial charge >= 0.3 is 0 Å². The van der Waals surface area contributed by atoms with E-state index < -0.39 is 0 Å². The number of carbonyl (C=O) groups excluding carboxylic acids is 2. The highest BCUT2D eigenvalue weighted by Crippen LogP contribution is 2.32. The van der Waals surface area contributed by atoms with Gasteiger partial charge in [-0.05, 0) is 38.6 Å². The summed E-state index contributed by atoms with van der Waals surface area (Å²) >= 11 is 0. The largest absolute Gasteiger partial charge is 0.368 e. The van der Waals surface area contributed by atoms with E-state index in [4.69, 9.17) is 5.73 Å². The predicted octanol–water partition coefficient (Wildman–Crippen LogP) is 1.90. The standard InChI is InChI=1S/C17H31N3O2/c1-3-5-8-15(17(18)22)19-11-6-9-13(19)14-10-7-12-20(14)16(21)4-2/h13-15H,3-12H2,1-2H3,(H2,18,22). The Kier molecular flexibility index (Phi) is 6.24. The van der Waals surface area contributed by atoms with Gasteiger partial charge in [0.1, 0.15) is 0 Å². The molecule has 0 bridgehead atoms. The first-order valence-corrected chi connectivity index (χ1v) is 8.94. The number of carbonyl (C=O) groups is 2. The molecule has 5 heteroatoms. The molecule has 2 aliphatic heterocycles. The molecule has 22 heavy (non-hydrogen) atoms. The first kappa shape index (κ1) is 17.3. The molecule has 2 fully saturated rings. The highest BCUT2D eigenvalue weighted by atomic mass is 16.2. The molecule has 2 amide bonds. The molecule has 0 aliphatic carbocycles. The van der Waals surface area contributed by atoms with Crippen LogP contribution in [0.3, 0.4) is 0 Å². The second kappa shape index (κ2) is 7.95. The van der Waals surface area contributed by atoms with E-state index in [-0.39, 0.29) is 23.9 Å². The molecule has 2 rings (SSSR count). The van der Waals surface area contributed by atoms with Gasteiger partial charge in [-0.25, -0.2) is 0 Å². The van der Waals surface area contributed by atoms with Crippen molar-refractivity contribution in [2.24, 2.45) is 5.73 Å². The van der Waals surface area contributed by atoms with Gasteiger partial charge in [-0.2, -0.15) is 0 Å². The van der Waals surface area contributed by atoms with Crippen molar-refractivity contribution < 1.29 is 9.59 Å². The number of unbranched alkanes of at least 4 members (excludes halogenated alkanes) is 1. The lowest BCUT2D eigenvalue weighted by atomic mass is 9.99. The van der Waals surface area contributed by atoms with E-state index in [1.807, 2.05) is 6.92 Å². The zero-order valence-electron chi connectivity index (χ0n) is 14.1. The molecule has 5 nitrogen and oxygen atoms in total. The van der Waals surface area contributed by atoms with Crippen molar-refractivity contribution in [3.8, 4) is 0 Å². The topological polar surface area (TPSA) is 66.6 Å². The van der Waals surface area contributed by atoms with Crippen LogP contribution in [0.15, 0.2) is 0 Å². The number of nitrogens with zero attached hydrogens (tertiary/aromatic N) is 2. The third-order valence-electron chi connectivity index (χ3n) is 5.27. The first-order chi connectivity index (χ1) is 10.6. The summed E-state index contributed by atoms with van der Waals surface area (Å²) in [6, 6.07) is 0.428. The van der Waals surface area contributed by atoms with Crippen molar-refractivity contribution in [3.05, 3.63) is 0 Å². The Balaban J connectivity index is 2.11. The average molecular weight is 309 g/mol. The Labute approximate surface area is 134 Å². The molecule has 0 aromatic rings. The van der Waals surface area contributed by atoms with Crippen molar-refractivity contribution in [1.29, 1.82) is 0 Å². The number of nitrogens with two attached hydrogens (primary N) is 1. The maximum atomic E-state index is 12.2. The van der Waals surface area contributed by atoms with Gasteiger partial charge in [0.15, 0.2) is 0 Å². The Morgan fingerprint density at radius 1 is 1.14 bits per heavy atom. The van der Waals surface area contributed by atoms with Crippen LogP contribution in [0.25, 0.3) is 0 Å². The highest BCUT2D eigenvalue weighted by molar-refractivity contribution is 5.80. The number of likely N-dealkylation sites (tertiary alicyclic amines) is 2. The molecule has 3 unspecified atom stereocenters. The zero-order chi connectivity index (χ0) is 16.1. The molecule has 0 spiro atoms. The summed E-state index contributed by atoms with van der Waals surface area (Å²) in [7, 11) is 0. The Morgan fingerprint density at radius 2 is 1.82 bits per heavy atom. The fraction of sp³-hybridized carbons (Fsp3) is 0.882. The summed E-state index contributed by atoms with van der Waals surface area (Å²) in [5, 5.41) is 0. The summed E-state index contributed by atoms with van der Waals surface area (Å²) in [5.74, 6) is 0.0465. The van der Waals surface area contributed by atoms with Crippen LogP contribution in [-0.4, -0.2) is 52.8 Å². The van der Waals surface area contributed by atoms with E-state index in [9.17, 15) is 9.59 Å². The van der Waals surface area contributed by atoms with Gasteiger partial charge in [0.25, 0.3) is 0 Å². The molecular weight excluding hydrogens is 278 g/mol. The maximum absolute atomic E-state index is 12.2. The molecule has 2 N–H and O–H groups in total. The van der Waals surface area contributed by atoms with Gasteiger partial charge in [-0.15, -0.1) is 0 Å². The summed E-state index contributed by atoms with van der Waals surface area (Å²) in [6.45, 7) is 5.88. The summed E-state index contributed by atoms with van der Waals surface area (Å²) < 4.78 is 0. The third kappa shape index (κ3) is 3.62. The van der Waals surface area contributed by atoms with Gasteiger partial charge in [-0.3, -0.25) is 14.5 Å². The van der Waals surface area contributed by atoms with Gasteiger partial charge in [0, 0.05) is 25.0 Å². The molecule has 2 aliphatic rings. The fourth-order valence-corrected chi connectivity index (χ4v) is 4.19. The summed E-state index contributed by atoms with van der Waals surface area (Å²) in [4.78, 5) is 28.5. The molecule has 0 aromatic carbocycles. The van der Waals surface area contributed by atoms with Crippen LogP contribution in [0.4, 0.5) is 0 Å². The van der Waals surface area contributed by atoms with Crippen molar-refractivity contribution in [3.63, 3.8) is 0 Å². The van der Waals surface area contributed by atoms with Crippen molar-refractivity contribution in [2.75, 3.05) is 13.1 Å². The highest BCUT2D eigenvalue weighted by Gasteiger charge is 2.42. The van der Waals surface area contributed by atoms with E-state index >= 15 is 0 Å². The number of hydrogen-bond donors (Lipinski definition) is 1. The smallest absolute Gasteiger partial charge is 0.234 e. The molecule has 0 aromatic heterocycles. The second-order valence-electron chi connectivity index (χ2n) is 6.66. The minimum atomic E-state index is -0.202. The Hall–Kier alpha value is -1.10. The fourth-order valence-electron chi connectivity index (χ4n) is 4.19. The van der Waals surface area contributed by atoms with Crippen LogP contribution < -0.4 is 5.73 Å². The van der Waals surface area contributed by atoms with E-state index in [1.165, 1.54) is 0 Å². The van der Waals surface area contributed by atoms with Gasteiger partial charge < -0.3 is 10.6 Å². The van der Waals surface area contributed by atoms with Crippen LogP contribution >= 0.6 is 0 Å². The van der Waals surface area contributed by atoms with Crippen molar-refractivity contribution in [2.45, 2.75) is 83.3 Å². The van der Waals surface area contributed by atoms with E-state index in [0.29, 0.717) is 12.5 Å². The first-order valence-electron chi connectivity index (χ1n) is 8.94. The average Bonchev–Trinajstić information content (AvgIpc) is 3.14. The summed E-state index contributed by atoms with van der Waals surface area (Å²) in [5.41, 5.74) is 5.68. The third-order valence-corrected chi connectivity index (χ3v) is 5.27. The lowest BCUT2D eigenvalue weighted by Crippen LogP contribution is -2.54. The minimum Gasteiger partial charge on any atom is -0.368 e. The van der Waals surface area contributed by atoms with Crippen LogP contribution in [-0.2, 0) is 9.59 Å². The normalized spacial score (nSPS) is 27.3. The van der Waals surface area contributed by atoms with Gasteiger partial charge in [-0.1, -0.05) is 26.7 Å². The van der Waals surface area contributed by atoms with Gasteiger partial charge in [0.2, 0.25) is 11.8 Å². The number of rotatable bonds is 7. The van der Waals surface area contributed by atoms with Gasteiger partial charge in [0.05, 0.1) is 6.04 Å². The SMILES string of the molecule is CCCCC(C(N)=O)N1CCCC1C1CCCN1C(=O)CC. The number of hydrogen-bond acceptors (Lipinski definition) is 3. The minimum absolute atomic E-state index is 0.161.